The zero-order valence-corrected chi connectivity index (χ0v) is 11.1. The molecule has 1 heteroatoms. The van der Waals surface area contributed by atoms with Crippen LogP contribution in [0.15, 0.2) is 24.3 Å². The monoisotopic (exact) mass is 219 g/mol. The van der Waals surface area contributed by atoms with Crippen molar-refractivity contribution >= 4 is 0 Å². The van der Waals surface area contributed by atoms with Crippen LogP contribution in [-0.2, 0) is 0 Å². The molecule has 0 aliphatic heterocycles. The normalized spacial score (nSPS) is 14.8. The molecule has 0 aliphatic rings. The number of aryl methyl sites for hydroxylation is 1. The molecule has 1 N–H and O–H groups in total. The molecule has 1 rings (SSSR count). The lowest BCUT2D eigenvalue weighted by molar-refractivity contribution is 0.407. The summed E-state index contributed by atoms with van der Waals surface area (Å²) >= 11 is 0. The van der Waals surface area contributed by atoms with Crippen molar-refractivity contribution in [3.8, 4) is 0 Å². The largest absolute Gasteiger partial charge is 0.313 e. The Kier molecular flexibility index (Phi) is 5.54. The van der Waals surface area contributed by atoms with Crippen molar-refractivity contribution in [1.29, 1.82) is 0 Å². The molecule has 0 fully saturated rings. The maximum absolute atomic E-state index is 3.43. The summed E-state index contributed by atoms with van der Waals surface area (Å²) in [5.74, 6) is 0.794. The molecule has 2 atom stereocenters. The van der Waals surface area contributed by atoms with Crippen LogP contribution in [0.25, 0.3) is 0 Å². The second-order valence-electron chi connectivity index (χ2n) is 4.88. The Hall–Kier alpha value is -0.820. The van der Waals surface area contributed by atoms with E-state index < -0.39 is 0 Å². The minimum atomic E-state index is 0.501. The highest BCUT2D eigenvalue weighted by Gasteiger charge is 2.12. The van der Waals surface area contributed by atoms with Gasteiger partial charge >= 0.3 is 0 Å². The maximum atomic E-state index is 3.43. The van der Waals surface area contributed by atoms with Crippen LogP contribution in [0, 0.1) is 12.8 Å². The highest BCUT2D eigenvalue weighted by atomic mass is 14.9. The zero-order chi connectivity index (χ0) is 12.0. The van der Waals surface area contributed by atoms with Crippen LogP contribution in [0.1, 0.15) is 50.3 Å². The van der Waals surface area contributed by atoms with Gasteiger partial charge in [-0.2, -0.15) is 0 Å². The van der Waals surface area contributed by atoms with Crippen LogP contribution in [0.2, 0.25) is 0 Å². The van der Waals surface area contributed by atoms with Gasteiger partial charge in [-0.25, -0.2) is 0 Å². The fraction of sp³-hybridized carbons (Fsp3) is 0.600. The fourth-order valence-corrected chi connectivity index (χ4v) is 2.32. The molecule has 2 unspecified atom stereocenters. The van der Waals surface area contributed by atoms with Crippen LogP contribution in [0.4, 0.5) is 0 Å². The molecule has 0 heterocycles. The maximum Gasteiger partial charge on any atom is 0.0320 e. The molecule has 90 valence electrons. The minimum Gasteiger partial charge on any atom is -0.313 e. The Morgan fingerprint density at radius 3 is 2.62 bits per heavy atom. The van der Waals surface area contributed by atoms with Crippen LogP contribution < -0.4 is 5.32 Å². The smallest absolute Gasteiger partial charge is 0.0320 e. The van der Waals surface area contributed by atoms with E-state index in [1.54, 1.807) is 0 Å². The third-order valence-corrected chi connectivity index (χ3v) is 3.21. The standard InChI is InChI=1S/C15H25N/c1-5-7-12(2)11-15(16-4)14-9-6-8-13(3)10-14/h6,8-10,12,15-16H,5,7,11H2,1-4H3. The predicted octanol–water partition coefficient (Wildman–Crippen LogP) is 4.08. The van der Waals surface area contributed by atoms with E-state index in [9.17, 15) is 0 Å². The number of hydrogen-bond acceptors (Lipinski definition) is 1. The van der Waals surface area contributed by atoms with Crippen molar-refractivity contribution in [2.24, 2.45) is 5.92 Å². The number of rotatable bonds is 6. The first kappa shape index (κ1) is 13.2. The highest BCUT2D eigenvalue weighted by molar-refractivity contribution is 5.25. The highest BCUT2D eigenvalue weighted by Crippen LogP contribution is 2.24. The van der Waals surface area contributed by atoms with Gasteiger partial charge in [-0.3, -0.25) is 0 Å². The van der Waals surface area contributed by atoms with Crippen LogP contribution >= 0.6 is 0 Å². The SMILES string of the molecule is CCCC(C)CC(NC)c1cccc(C)c1. The quantitative estimate of drug-likeness (QED) is 0.760. The van der Waals surface area contributed by atoms with Gasteiger partial charge in [-0.15, -0.1) is 0 Å². The third-order valence-electron chi connectivity index (χ3n) is 3.21. The van der Waals surface area contributed by atoms with E-state index in [4.69, 9.17) is 0 Å². The molecular weight excluding hydrogens is 194 g/mol. The van der Waals surface area contributed by atoms with Gasteiger partial charge in [0, 0.05) is 6.04 Å². The first-order chi connectivity index (χ1) is 7.67. The van der Waals surface area contributed by atoms with E-state index in [0.717, 1.165) is 5.92 Å². The van der Waals surface area contributed by atoms with E-state index in [0.29, 0.717) is 6.04 Å². The second kappa shape index (κ2) is 6.70. The Morgan fingerprint density at radius 1 is 1.31 bits per heavy atom. The molecule has 0 radical (unpaired) electrons. The number of hydrogen-bond donors (Lipinski definition) is 1. The van der Waals surface area contributed by atoms with E-state index in [1.165, 1.54) is 30.4 Å². The molecule has 1 aromatic rings. The van der Waals surface area contributed by atoms with Crippen LogP contribution in [0.5, 0.6) is 0 Å². The molecule has 16 heavy (non-hydrogen) atoms. The van der Waals surface area contributed by atoms with Gasteiger partial charge in [0.2, 0.25) is 0 Å². The molecule has 0 bridgehead atoms. The van der Waals surface area contributed by atoms with Crippen LogP contribution in [-0.4, -0.2) is 7.05 Å². The molecule has 0 spiro atoms. The van der Waals surface area contributed by atoms with Gasteiger partial charge in [0.1, 0.15) is 0 Å². The van der Waals surface area contributed by atoms with Gasteiger partial charge in [-0.05, 0) is 31.9 Å². The second-order valence-corrected chi connectivity index (χ2v) is 4.88. The fourth-order valence-electron chi connectivity index (χ4n) is 2.32. The van der Waals surface area contributed by atoms with Crippen molar-refractivity contribution in [1.82, 2.24) is 5.32 Å². The van der Waals surface area contributed by atoms with Gasteiger partial charge in [0.05, 0.1) is 0 Å². The molecule has 0 aliphatic carbocycles. The summed E-state index contributed by atoms with van der Waals surface area (Å²) in [6, 6.07) is 9.33. The summed E-state index contributed by atoms with van der Waals surface area (Å²) in [6.45, 7) is 6.77. The summed E-state index contributed by atoms with van der Waals surface area (Å²) < 4.78 is 0. The molecule has 0 amide bonds. The average molecular weight is 219 g/mol. The number of benzene rings is 1. The lowest BCUT2D eigenvalue weighted by atomic mass is 9.92. The average Bonchev–Trinajstić information content (AvgIpc) is 2.26. The van der Waals surface area contributed by atoms with E-state index in [-0.39, 0.29) is 0 Å². The van der Waals surface area contributed by atoms with Gasteiger partial charge < -0.3 is 5.32 Å². The Bertz CT molecular complexity index is 306. The molecular formula is C15H25N. The van der Waals surface area contributed by atoms with Gasteiger partial charge in [0.15, 0.2) is 0 Å². The first-order valence-corrected chi connectivity index (χ1v) is 6.41. The number of nitrogens with one attached hydrogen (secondary N) is 1. The summed E-state index contributed by atoms with van der Waals surface area (Å²) in [7, 11) is 2.06. The van der Waals surface area contributed by atoms with Crippen LogP contribution in [0.3, 0.4) is 0 Å². The van der Waals surface area contributed by atoms with Gasteiger partial charge in [-0.1, -0.05) is 56.5 Å². The molecule has 0 saturated carbocycles. The summed E-state index contributed by atoms with van der Waals surface area (Å²) in [5.41, 5.74) is 2.77. The lowest BCUT2D eigenvalue weighted by Crippen LogP contribution is -2.19. The molecule has 1 nitrogen and oxygen atoms in total. The zero-order valence-electron chi connectivity index (χ0n) is 11.1. The molecule has 0 saturated heterocycles. The Balaban J connectivity index is 2.67. The van der Waals surface area contributed by atoms with E-state index in [2.05, 4.69) is 57.4 Å². The van der Waals surface area contributed by atoms with E-state index in [1.807, 2.05) is 0 Å². The minimum absolute atomic E-state index is 0.501. The lowest BCUT2D eigenvalue weighted by Gasteiger charge is -2.21. The van der Waals surface area contributed by atoms with Crippen molar-refractivity contribution in [3.63, 3.8) is 0 Å². The summed E-state index contributed by atoms with van der Waals surface area (Å²) in [5, 5.41) is 3.43. The van der Waals surface area contributed by atoms with Crippen molar-refractivity contribution in [2.45, 2.75) is 46.1 Å². The predicted molar refractivity (Wildman–Crippen MR) is 71.7 cm³/mol. The van der Waals surface area contributed by atoms with Crippen molar-refractivity contribution in [2.75, 3.05) is 7.05 Å². The third kappa shape index (κ3) is 3.97. The first-order valence-electron chi connectivity index (χ1n) is 6.41. The van der Waals surface area contributed by atoms with Crippen molar-refractivity contribution < 1.29 is 0 Å². The van der Waals surface area contributed by atoms with Crippen molar-refractivity contribution in [3.05, 3.63) is 35.4 Å². The summed E-state index contributed by atoms with van der Waals surface area (Å²) in [4.78, 5) is 0. The molecule has 0 aromatic heterocycles. The van der Waals surface area contributed by atoms with Gasteiger partial charge in [0.25, 0.3) is 0 Å². The molecule has 1 aromatic carbocycles. The topological polar surface area (TPSA) is 12.0 Å². The Morgan fingerprint density at radius 2 is 2.06 bits per heavy atom. The Labute approximate surface area is 100 Å². The summed E-state index contributed by atoms with van der Waals surface area (Å²) in [6.07, 6.45) is 3.84. The van der Waals surface area contributed by atoms with E-state index >= 15 is 0 Å².